The molecule has 2 atom stereocenters. The Labute approximate surface area is 142 Å². The predicted octanol–water partition coefficient (Wildman–Crippen LogP) is 1.23. The zero-order valence-corrected chi connectivity index (χ0v) is 14.9. The first-order valence-electron chi connectivity index (χ1n) is 8.56. The summed E-state index contributed by atoms with van der Waals surface area (Å²) in [5.41, 5.74) is 1.61. The summed E-state index contributed by atoms with van der Waals surface area (Å²) in [6, 6.07) is 8.04. The molecule has 1 saturated heterocycles. The first-order valence-corrected chi connectivity index (χ1v) is 8.56. The van der Waals surface area contributed by atoms with Gasteiger partial charge in [-0.25, -0.2) is 4.79 Å². The van der Waals surface area contributed by atoms with E-state index in [1.54, 1.807) is 9.13 Å². The lowest BCUT2D eigenvalue weighted by Crippen LogP contribution is -2.38. The molecule has 0 bridgehead atoms. The molecule has 0 radical (unpaired) electrons. The molecule has 3 rings (SSSR count). The summed E-state index contributed by atoms with van der Waals surface area (Å²) in [6.07, 6.45) is 0. The van der Waals surface area contributed by atoms with E-state index in [4.69, 9.17) is 0 Å². The number of hydrogen-bond acceptors (Lipinski definition) is 3. The van der Waals surface area contributed by atoms with Gasteiger partial charge in [0.1, 0.15) is 6.54 Å². The monoisotopic (exact) mass is 330 g/mol. The molecule has 130 valence electrons. The second-order valence-corrected chi connectivity index (χ2v) is 6.91. The molecule has 1 aromatic carbocycles. The van der Waals surface area contributed by atoms with Crippen molar-refractivity contribution in [2.45, 2.75) is 33.0 Å². The SMILES string of the molecule is CCn1c(=O)n(CC(=O)N2CC(C)C(N(C)C)C2)c2ccccc21. The third kappa shape index (κ3) is 2.75. The maximum absolute atomic E-state index is 12.8. The molecule has 1 amide bonds. The Balaban J connectivity index is 1.87. The summed E-state index contributed by atoms with van der Waals surface area (Å²) in [4.78, 5) is 29.5. The minimum atomic E-state index is -0.108. The summed E-state index contributed by atoms with van der Waals surface area (Å²) in [5, 5.41) is 0. The molecule has 0 saturated carbocycles. The first kappa shape index (κ1) is 16.8. The molecule has 1 aliphatic heterocycles. The Hall–Kier alpha value is -2.08. The van der Waals surface area contributed by atoms with Gasteiger partial charge in [0.2, 0.25) is 5.91 Å². The number of rotatable bonds is 4. The molecule has 0 N–H and O–H groups in total. The van der Waals surface area contributed by atoms with Crippen molar-refractivity contribution in [1.82, 2.24) is 18.9 Å². The zero-order valence-electron chi connectivity index (χ0n) is 14.9. The molecule has 1 aromatic heterocycles. The van der Waals surface area contributed by atoms with Crippen molar-refractivity contribution >= 4 is 16.9 Å². The number of hydrogen-bond donors (Lipinski definition) is 0. The number of amides is 1. The van der Waals surface area contributed by atoms with E-state index >= 15 is 0 Å². The number of benzene rings is 1. The topological polar surface area (TPSA) is 50.5 Å². The van der Waals surface area contributed by atoms with Crippen LogP contribution in [-0.4, -0.2) is 58.1 Å². The highest BCUT2D eigenvalue weighted by atomic mass is 16.2. The van der Waals surface area contributed by atoms with Gasteiger partial charge in [-0.05, 0) is 39.1 Å². The molecule has 0 aliphatic carbocycles. The number of likely N-dealkylation sites (tertiary alicyclic amines) is 1. The van der Waals surface area contributed by atoms with Crippen LogP contribution >= 0.6 is 0 Å². The predicted molar refractivity (Wildman–Crippen MR) is 95.1 cm³/mol. The van der Waals surface area contributed by atoms with E-state index in [-0.39, 0.29) is 18.1 Å². The molecule has 2 heterocycles. The van der Waals surface area contributed by atoms with Gasteiger partial charge in [-0.15, -0.1) is 0 Å². The minimum Gasteiger partial charge on any atom is -0.339 e. The molecule has 1 aliphatic rings. The number of fused-ring (bicyclic) bond motifs is 1. The van der Waals surface area contributed by atoms with Gasteiger partial charge in [-0.1, -0.05) is 19.1 Å². The van der Waals surface area contributed by atoms with Gasteiger partial charge in [0, 0.05) is 25.7 Å². The van der Waals surface area contributed by atoms with Crippen LogP contribution in [0.4, 0.5) is 0 Å². The van der Waals surface area contributed by atoms with E-state index in [1.165, 1.54) is 0 Å². The molecular weight excluding hydrogens is 304 g/mol. The first-order chi connectivity index (χ1) is 11.4. The lowest BCUT2D eigenvalue weighted by atomic mass is 10.1. The smallest absolute Gasteiger partial charge is 0.329 e. The number of nitrogens with zero attached hydrogens (tertiary/aromatic N) is 4. The van der Waals surface area contributed by atoms with Crippen molar-refractivity contribution in [3.05, 3.63) is 34.7 Å². The van der Waals surface area contributed by atoms with Crippen LogP contribution in [-0.2, 0) is 17.9 Å². The highest BCUT2D eigenvalue weighted by Gasteiger charge is 2.33. The number of carbonyl (C=O) groups is 1. The van der Waals surface area contributed by atoms with Gasteiger partial charge in [0.05, 0.1) is 11.0 Å². The second-order valence-electron chi connectivity index (χ2n) is 6.91. The van der Waals surface area contributed by atoms with Crippen LogP contribution in [0.5, 0.6) is 0 Å². The van der Waals surface area contributed by atoms with Crippen LogP contribution in [0.15, 0.2) is 29.1 Å². The van der Waals surface area contributed by atoms with E-state index in [1.807, 2.05) is 36.1 Å². The van der Waals surface area contributed by atoms with Crippen molar-refractivity contribution in [2.24, 2.45) is 5.92 Å². The van der Waals surface area contributed by atoms with Crippen molar-refractivity contribution in [2.75, 3.05) is 27.2 Å². The second kappa shape index (κ2) is 6.43. The normalized spacial score (nSPS) is 21.1. The van der Waals surface area contributed by atoms with Crippen molar-refractivity contribution < 1.29 is 4.79 Å². The summed E-state index contributed by atoms with van der Waals surface area (Å²) in [7, 11) is 4.10. The quantitative estimate of drug-likeness (QED) is 0.847. The van der Waals surface area contributed by atoms with Crippen molar-refractivity contribution in [3.8, 4) is 0 Å². The molecular formula is C18H26N4O2. The fraction of sp³-hybridized carbons (Fsp3) is 0.556. The summed E-state index contributed by atoms with van der Waals surface area (Å²) < 4.78 is 3.33. The zero-order chi connectivity index (χ0) is 17.4. The van der Waals surface area contributed by atoms with E-state index in [9.17, 15) is 9.59 Å². The lowest BCUT2D eigenvalue weighted by Gasteiger charge is -2.22. The Morgan fingerprint density at radius 1 is 1.17 bits per heavy atom. The van der Waals surface area contributed by atoms with E-state index < -0.39 is 0 Å². The Morgan fingerprint density at radius 3 is 2.33 bits per heavy atom. The molecule has 1 fully saturated rings. The van der Waals surface area contributed by atoms with Gasteiger partial charge in [-0.2, -0.15) is 0 Å². The van der Waals surface area contributed by atoms with Gasteiger partial charge < -0.3 is 9.80 Å². The van der Waals surface area contributed by atoms with Crippen LogP contribution in [0, 0.1) is 5.92 Å². The lowest BCUT2D eigenvalue weighted by molar-refractivity contribution is -0.131. The average Bonchev–Trinajstić information content (AvgIpc) is 3.06. The molecule has 6 heteroatoms. The fourth-order valence-electron chi connectivity index (χ4n) is 3.79. The number of aryl methyl sites for hydroxylation is 1. The fourth-order valence-corrected chi connectivity index (χ4v) is 3.79. The Bertz CT molecular complexity index is 805. The highest BCUT2D eigenvalue weighted by Crippen LogP contribution is 2.21. The van der Waals surface area contributed by atoms with Gasteiger partial charge in [-0.3, -0.25) is 13.9 Å². The van der Waals surface area contributed by atoms with Crippen LogP contribution in [0.2, 0.25) is 0 Å². The maximum Gasteiger partial charge on any atom is 0.329 e. The molecule has 0 spiro atoms. The maximum atomic E-state index is 12.8. The Kier molecular flexibility index (Phi) is 4.49. The molecule has 2 unspecified atom stereocenters. The van der Waals surface area contributed by atoms with Crippen molar-refractivity contribution in [3.63, 3.8) is 0 Å². The molecule has 2 aromatic rings. The van der Waals surface area contributed by atoms with Crippen LogP contribution in [0.1, 0.15) is 13.8 Å². The number of aromatic nitrogens is 2. The third-order valence-electron chi connectivity index (χ3n) is 5.12. The number of para-hydroxylation sites is 2. The summed E-state index contributed by atoms with van der Waals surface area (Å²) in [5.74, 6) is 0.463. The molecule has 24 heavy (non-hydrogen) atoms. The van der Waals surface area contributed by atoms with Gasteiger partial charge in [0.25, 0.3) is 0 Å². The largest absolute Gasteiger partial charge is 0.339 e. The van der Waals surface area contributed by atoms with Gasteiger partial charge in [0.15, 0.2) is 0 Å². The highest BCUT2D eigenvalue weighted by molar-refractivity contribution is 5.81. The van der Waals surface area contributed by atoms with Crippen LogP contribution < -0.4 is 5.69 Å². The Morgan fingerprint density at radius 2 is 1.79 bits per heavy atom. The van der Waals surface area contributed by atoms with E-state index in [2.05, 4.69) is 25.9 Å². The average molecular weight is 330 g/mol. The van der Waals surface area contributed by atoms with Gasteiger partial charge >= 0.3 is 5.69 Å². The minimum absolute atomic E-state index is 0.0207. The van der Waals surface area contributed by atoms with E-state index in [0.29, 0.717) is 18.5 Å². The van der Waals surface area contributed by atoms with E-state index in [0.717, 1.165) is 24.1 Å². The standard InChI is InChI=1S/C18H26N4O2/c1-5-21-14-8-6-7-9-15(14)22(18(21)24)12-17(23)20-10-13(2)16(11-20)19(3)4/h6-9,13,16H,5,10-12H2,1-4H3. The third-order valence-corrected chi connectivity index (χ3v) is 5.12. The van der Waals surface area contributed by atoms with Crippen LogP contribution in [0.3, 0.4) is 0 Å². The number of likely N-dealkylation sites (N-methyl/N-ethyl adjacent to an activating group) is 1. The molecule has 6 nitrogen and oxygen atoms in total. The number of imidazole rings is 1. The summed E-state index contributed by atoms with van der Waals surface area (Å²) in [6.45, 7) is 6.32. The summed E-state index contributed by atoms with van der Waals surface area (Å²) >= 11 is 0. The van der Waals surface area contributed by atoms with Crippen molar-refractivity contribution in [1.29, 1.82) is 0 Å². The number of carbonyl (C=O) groups excluding carboxylic acids is 1. The van der Waals surface area contributed by atoms with Crippen LogP contribution in [0.25, 0.3) is 11.0 Å².